The van der Waals surface area contributed by atoms with Crippen LogP contribution in [0.1, 0.15) is 39.5 Å². The molecule has 0 aromatic rings. The summed E-state index contributed by atoms with van der Waals surface area (Å²) in [6.45, 7) is 3.78. The molecule has 0 bridgehead atoms. The molecule has 0 heterocycles. The molecular weight excluding hydrogens is 312 g/mol. The van der Waals surface area contributed by atoms with Crippen LogP contribution in [0.3, 0.4) is 0 Å². The fourth-order valence-corrected chi connectivity index (χ4v) is 2.16. The zero-order chi connectivity index (χ0) is 16.0. The van der Waals surface area contributed by atoms with Gasteiger partial charge in [0.2, 0.25) is 0 Å². The summed E-state index contributed by atoms with van der Waals surface area (Å²) in [5.74, 6) is 0.713. The van der Waals surface area contributed by atoms with Gasteiger partial charge in [0.1, 0.15) is 0 Å². The number of carboxylic acid groups (broad SMARTS) is 3. The van der Waals surface area contributed by atoms with Gasteiger partial charge >= 0.3 is 0 Å². The molecule has 0 amide bonds. The van der Waals surface area contributed by atoms with E-state index >= 15 is 0 Å². The Hall–Kier alpha value is -1.40. The number of allylic oxidation sites excluding steroid dienone is 4. The fourth-order valence-electron chi connectivity index (χ4n) is 2.16. The van der Waals surface area contributed by atoms with E-state index in [1.54, 1.807) is 11.1 Å². The Morgan fingerprint density at radius 1 is 1.00 bits per heavy atom. The molecule has 0 saturated heterocycles. The topological polar surface area (TPSA) is 112 Å². The van der Waals surface area contributed by atoms with Crippen LogP contribution in [-0.4, -0.2) is 34.7 Å². The Morgan fingerprint density at radius 3 is 1.76 bits per heavy atom. The van der Waals surface area contributed by atoms with E-state index in [0.717, 1.165) is 0 Å². The van der Waals surface area contributed by atoms with Crippen LogP contribution in [0.25, 0.3) is 0 Å². The summed E-state index contributed by atoms with van der Waals surface area (Å²) in [4.78, 5) is 25.1. The summed E-state index contributed by atoms with van der Waals surface area (Å²) >= 11 is 0. The number of rotatable bonds is 0. The molecule has 0 saturated carbocycles. The van der Waals surface area contributed by atoms with E-state index in [1.807, 2.05) is 0 Å². The molecule has 6 nitrogen and oxygen atoms in total. The van der Waals surface area contributed by atoms with Crippen molar-refractivity contribution >= 4 is 19.4 Å². The third kappa shape index (κ3) is 11.0. The van der Waals surface area contributed by atoms with Gasteiger partial charge in [0, 0.05) is 21.7 Å². The van der Waals surface area contributed by atoms with Crippen molar-refractivity contribution in [2.75, 3.05) is 0 Å². The summed E-state index contributed by atoms with van der Waals surface area (Å²) in [5, 5.41) is 20.7. The van der Waals surface area contributed by atoms with Gasteiger partial charge in [0.15, 0.2) is 0 Å². The van der Waals surface area contributed by atoms with Crippen molar-refractivity contribution in [3.05, 3.63) is 22.8 Å². The molecule has 0 spiro atoms. The summed E-state index contributed by atoms with van der Waals surface area (Å²) in [5.41, 5.74) is 4.69. The first kappa shape index (κ1) is 24.6. The van der Waals surface area contributed by atoms with Crippen molar-refractivity contribution in [3.8, 4) is 0 Å². The van der Waals surface area contributed by atoms with Gasteiger partial charge in [-0.2, -0.15) is 5.57 Å². The second kappa shape index (κ2) is 16.7. The summed E-state index contributed by atoms with van der Waals surface area (Å²) in [6, 6.07) is 0. The Bertz CT molecular complexity index is 348. The van der Waals surface area contributed by atoms with Crippen molar-refractivity contribution in [1.82, 2.24) is 0 Å². The van der Waals surface area contributed by atoms with Crippen LogP contribution in [0.2, 0.25) is 0 Å². The minimum absolute atomic E-state index is 0. The van der Waals surface area contributed by atoms with Crippen molar-refractivity contribution in [2.24, 2.45) is 5.92 Å². The minimum atomic E-state index is -0.250. The molecule has 0 radical (unpaired) electrons. The third-order valence-corrected chi connectivity index (χ3v) is 3.03. The van der Waals surface area contributed by atoms with Crippen molar-refractivity contribution in [3.63, 3.8) is 0 Å². The third-order valence-electron chi connectivity index (χ3n) is 3.03. The fraction of sp³-hybridized carbons (Fsp3) is 0.500. The maximum Gasteiger partial charge on any atom is 0.290 e. The van der Waals surface area contributed by atoms with Crippen LogP contribution in [0.15, 0.2) is 16.7 Å². The zero-order valence-corrected chi connectivity index (χ0v) is 13.8. The molecule has 118 valence electrons. The predicted molar refractivity (Wildman–Crippen MR) is 73.2 cm³/mol. The van der Waals surface area contributed by atoms with Gasteiger partial charge in [0.25, 0.3) is 19.4 Å². The Morgan fingerprint density at radius 2 is 1.38 bits per heavy atom. The first-order valence-corrected chi connectivity index (χ1v) is 6.09. The Kier molecular flexibility index (Phi) is 19.5. The Balaban J connectivity index is -0.000000276. The van der Waals surface area contributed by atoms with Gasteiger partial charge in [-0.05, 0) is 0 Å². The van der Waals surface area contributed by atoms with E-state index in [-0.39, 0.29) is 41.1 Å². The first-order chi connectivity index (χ1) is 9.53. The molecule has 7 heteroatoms. The molecule has 0 aromatic heterocycles. The second-order valence-corrected chi connectivity index (χ2v) is 4.06. The normalized spacial score (nSPS) is 17.6. The number of hydrogen-bond donors (Lipinski definition) is 3. The monoisotopic (exact) mass is 333 g/mol. The molecule has 0 aliphatic heterocycles. The Labute approximate surface area is 139 Å². The smallest absolute Gasteiger partial charge is 0.290 e. The van der Waals surface area contributed by atoms with E-state index < -0.39 is 0 Å². The molecule has 2 aliphatic carbocycles. The maximum absolute atomic E-state index is 8.36. The summed E-state index contributed by atoms with van der Waals surface area (Å²) in [6.07, 6.45) is 8.91. The molecule has 0 aromatic carbocycles. The quantitative estimate of drug-likeness (QED) is 0.356. The van der Waals surface area contributed by atoms with Crippen LogP contribution >= 0.6 is 0 Å². The van der Waals surface area contributed by atoms with Crippen LogP contribution in [0.4, 0.5) is 0 Å². The molecule has 1 unspecified atom stereocenters. The van der Waals surface area contributed by atoms with Crippen molar-refractivity contribution in [1.29, 1.82) is 0 Å². The summed E-state index contributed by atoms with van der Waals surface area (Å²) in [7, 11) is 0. The van der Waals surface area contributed by atoms with E-state index in [9.17, 15) is 0 Å². The molecule has 0 fully saturated rings. The largest absolute Gasteiger partial charge is 0.483 e. The standard InChI is InChI=1S/C11H15.3CH2O2.Ti/c1-8-7-10-5-3-4-6-11(10)9(8)2;3*2-1-3;/h9H,3-6H2,1-2H3;3*1H,(H,2,3);/q-1;;;;. The van der Waals surface area contributed by atoms with Gasteiger partial charge in [-0.1, -0.05) is 45.4 Å². The molecule has 2 rings (SSSR count). The molecule has 3 N–H and O–H groups in total. The number of hydrogen-bond acceptors (Lipinski definition) is 3. The molecule has 1 atom stereocenters. The zero-order valence-electron chi connectivity index (χ0n) is 12.2. The molecular formula is C14H21O6Ti-. The van der Waals surface area contributed by atoms with E-state index in [2.05, 4.69) is 19.9 Å². The van der Waals surface area contributed by atoms with Gasteiger partial charge < -0.3 is 15.3 Å². The van der Waals surface area contributed by atoms with Gasteiger partial charge in [0.05, 0.1) is 0 Å². The second-order valence-electron chi connectivity index (χ2n) is 4.06. The van der Waals surface area contributed by atoms with Gasteiger partial charge in [-0.3, -0.25) is 14.4 Å². The van der Waals surface area contributed by atoms with Crippen molar-refractivity contribution < 1.29 is 51.4 Å². The van der Waals surface area contributed by atoms with E-state index in [4.69, 9.17) is 29.7 Å². The average molecular weight is 333 g/mol. The average Bonchev–Trinajstić information content (AvgIpc) is 2.69. The SMILES string of the molecule is CC1=[C-]C2=C(CCCC2)C1C.O=CO.O=CO.O=CO.[Ti]. The molecule has 2 aliphatic rings. The van der Waals surface area contributed by atoms with Gasteiger partial charge in [-0.25, -0.2) is 17.2 Å². The first-order valence-electron chi connectivity index (χ1n) is 6.09. The predicted octanol–water partition coefficient (Wildman–Crippen LogP) is 2.36. The van der Waals surface area contributed by atoms with Crippen LogP contribution in [0.5, 0.6) is 0 Å². The van der Waals surface area contributed by atoms with Gasteiger partial charge in [-0.15, -0.1) is 0 Å². The molecule has 21 heavy (non-hydrogen) atoms. The van der Waals surface area contributed by atoms with Crippen LogP contribution in [-0.2, 0) is 36.1 Å². The van der Waals surface area contributed by atoms with Crippen LogP contribution in [0, 0.1) is 12.0 Å². The summed E-state index contributed by atoms with van der Waals surface area (Å²) < 4.78 is 0. The number of carbonyl (C=O) groups is 3. The van der Waals surface area contributed by atoms with Crippen LogP contribution < -0.4 is 0 Å². The van der Waals surface area contributed by atoms with Crippen molar-refractivity contribution in [2.45, 2.75) is 39.5 Å². The van der Waals surface area contributed by atoms with E-state index in [0.29, 0.717) is 5.92 Å². The maximum atomic E-state index is 8.36. The minimum Gasteiger partial charge on any atom is -0.483 e. The van der Waals surface area contributed by atoms with E-state index in [1.165, 1.54) is 31.3 Å².